The molecule has 2 aliphatic rings. The average molecular weight is 505 g/mol. The van der Waals surface area contributed by atoms with Crippen molar-refractivity contribution in [2.75, 3.05) is 24.6 Å². The van der Waals surface area contributed by atoms with Gasteiger partial charge in [0.1, 0.15) is 22.7 Å². The van der Waals surface area contributed by atoms with E-state index in [2.05, 4.69) is 16.1 Å². The molecule has 0 atom stereocenters. The maximum atomic E-state index is 12.9. The van der Waals surface area contributed by atoms with Crippen molar-refractivity contribution < 1.29 is 29.8 Å². The molecule has 10 heteroatoms. The highest BCUT2D eigenvalue weighted by Gasteiger charge is 2.31. The minimum atomic E-state index is -0.363. The summed E-state index contributed by atoms with van der Waals surface area (Å²) in [5.74, 6) is 2.15. The Balaban J connectivity index is 0.00000156. The molecule has 0 bridgehead atoms. The van der Waals surface area contributed by atoms with Gasteiger partial charge in [0.15, 0.2) is 0 Å². The minimum Gasteiger partial charge on any atom is -0.494 e. The molecule has 1 aliphatic heterocycles. The molecule has 3 aromatic rings. The Labute approximate surface area is 214 Å². The molecule has 37 heavy (non-hydrogen) atoms. The van der Waals surface area contributed by atoms with Crippen molar-refractivity contribution in [3.05, 3.63) is 96.0 Å². The highest BCUT2D eigenvalue weighted by Crippen LogP contribution is 2.27. The molecule has 0 amide bonds. The summed E-state index contributed by atoms with van der Waals surface area (Å²) >= 11 is 0. The highest BCUT2D eigenvalue weighted by molar-refractivity contribution is 6.26. The number of ketones is 2. The van der Waals surface area contributed by atoms with Gasteiger partial charge in [-0.05, 0) is 49.7 Å². The van der Waals surface area contributed by atoms with E-state index < -0.39 is 0 Å². The summed E-state index contributed by atoms with van der Waals surface area (Å²) in [5.41, 5.74) is 8.62. The van der Waals surface area contributed by atoms with E-state index in [1.807, 2.05) is 60.9 Å². The third kappa shape index (κ3) is 5.35. The monoisotopic (exact) mass is 504 g/mol. The highest BCUT2D eigenvalue weighted by atomic mass is 16.5. The molecule has 2 aromatic carbocycles. The van der Waals surface area contributed by atoms with Gasteiger partial charge in [0.2, 0.25) is 11.6 Å². The molecule has 0 radical (unpaired) electrons. The maximum absolute atomic E-state index is 12.9. The van der Waals surface area contributed by atoms with Gasteiger partial charge >= 0.3 is 0 Å². The van der Waals surface area contributed by atoms with Crippen molar-refractivity contribution >= 4 is 28.2 Å². The van der Waals surface area contributed by atoms with Gasteiger partial charge in [-0.3, -0.25) is 9.59 Å². The molecule has 0 spiro atoms. The first-order valence-corrected chi connectivity index (χ1v) is 11.8. The smallest absolute Gasteiger partial charge is 0.211 e. The molecule has 0 unspecified atom stereocenters. The van der Waals surface area contributed by atoms with E-state index in [1.54, 1.807) is 24.5 Å². The van der Waals surface area contributed by atoms with Crippen molar-refractivity contribution in [2.45, 2.75) is 13.3 Å². The zero-order chi connectivity index (χ0) is 26.4. The van der Waals surface area contributed by atoms with Gasteiger partial charge in [-0.2, -0.15) is 0 Å². The van der Waals surface area contributed by atoms with Crippen LogP contribution in [0.25, 0.3) is 11.0 Å². The normalized spacial score (nSPS) is 14.6. The SMILES string of the molecule is CCOc1ccc2c(c1)C(=O)C(N)=C(NCCCN1C=CN(c3ccc4ccoc4c3)C=C1)C2=O.[NH3+]O. The largest absolute Gasteiger partial charge is 0.494 e. The van der Waals surface area contributed by atoms with Gasteiger partial charge in [-0.15, -0.1) is 0 Å². The molecule has 5 rings (SSSR count). The third-order valence-corrected chi connectivity index (χ3v) is 6.00. The Morgan fingerprint density at radius 3 is 2.54 bits per heavy atom. The predicted octanol–water partition coefficient (Wildman–Crippen LogP) is 2.74. The zero-order valence-corrected chi connectivity index (χ0v) is 20.5. The number of carbonyl (C=O) groups is 2. The van der Waals surface area contributed by atoms with Crippen LogP contribution in [0.5, 0.6) is 5.75 Å². The van der Waals surface area contributed by atoms with E-state index in [0.29, 0.717) is 24.5 Å². The zero-order valence-electron chi connectivity index (χ0n) is 20.5. The number of ether oxygens (including phenoxy) is 1. The molecule has 2 heterocycles. The first-order valence-electron chi connectivity index (χ1n) is 11.8. The lowest BCUT2D eigenvalue weighted by Gasteiger charge is -2.25. The van der Waals surface area contributed by atoms with Crippen molar-refractivity contribution in [3.63, 3.8) is 0 Å². The predicted molar refractivity (Wildman–Crippen MR) is 138 cm³/mol. The lowest BCUT2D eigenvalue weighted by atomic mass is 9.90. The number of nitrogens with one attached hydrogen (secondary N) is 1. The van der Waals surface area contributed by atoms with Crippen molar-refractivity contribution in [1.82, 2.24) is 10.2 Å². The standard InChI is InChI=1S/C27H26N4O4.H4NO/c1-2-34-20-6-7-21-22(17-20)26(32)24(28)25(27(21)33)29-9-3-10-30-11-13-31(14-12-30)19-5-4-18-8-15-35-23(18)16-19;1-2/h4-8,11-17,29H,2-3,9-10,28H2,1H3;2H,1H3/q;+1. The number of nitrogens with zero attached hydrogens (tertiary/aromatic N) is 2. The number of carbonyl (C=O) groups excluding carboxylic acids is 2. The summed E-state index contributed by atoms with van der Waals surface area (Å²) in [6.45, 7) is 3.56. The van der Waals surface area contributed by atoms with Gasteiger partial charge in [-0.25, -0.2) is 11.1 Å². The second-order valence-electron chi connectivity index (χ2n) is 8.25. The summed E-state index contributed by atoms with van der Waals surface area (Å²) in [6.07, 6.45) is 10.4. The fourth-order valence-electron chi connectivity index (χ4n) is 4.17. The fraction of sp³-hybridized carbons (Fsp3) is 0.185. The number of nitrogens with two attached hydrogens (primary N) is 1. The summed E-state index contributed by atoms with van der Waals surface area (Å²) in [6, 6.07) is 12.9. The van der Waals surface area contributed by atoms with Gasteiger partial charge in [0.25, 0.3) is 0 Å². The lowest BCUT2D eigenvalue weighted by Crippen LogP contribution is -2.42. The molecule has 0 saturated heterocycles. The van der Waals surface area contributed by atoms with Gasteiger partial charge in [0, 0.05) is 66.2 Å². The van der Waals surface area contributed by atoms with Crippen LogP contribution in [0.15, 0.2) is 89.3 Å². The number of anilines is 1. The van der Waals surface area contributed by atoms with Crippen LogP contribution in [0.4, 0.5) is 5.69 Å². The molecular formula is C27H30N5O5+. The number of rotatable bonds is 8. The molecule has 1 aromatic heterocycles. The maximum Gasteiger partial charge on any atom is 0.211 e. The molecule has 192 valence electrons. The van der Waals surface area contributed by atoms with Gasteiger partial charge < -0.3 is 30.0 Å². The van der Waals surface area contributed by atoms with E-state index in [4.69, 9.17) is 20.1 Å². The van der Waals surface area contributed by atoms with Crippen LogP contribution in [-0.4, -0.2) is 41.4 Å². The van der Waals surface area contributed by atoms with Crippen molar-refractivity contribution in [3.8, 4) is 5.75 Å². The van der Waals surface area contributed by atoms with Crippen LogP contribution >= 0.6 is 0 Å². The summed E-state index contributed by atoms with van der Waals surface area (Å²) in [4.78, 5) is 29.8. The van der Waals surface area contributed by atoms with Crippen LogP contribution in [0.1, 0.15) is 34.1 Å². The van der Waals surface area contributed by atoms with Crippen LogP contribution in [-0.2, 0) is 0 Å². The summed E-state index contributed by atoms with van der Waals surface area (Å²) in [5, 5.41) is 10.9. The molecule has 1 aliphatic carbocycles. The number of furan rings is 1. The first kappa shape index (κ1) is 25.5. The number of allylic oxidation sites excluding steroid dienone is 2. The van der Waals surface area contributed by atoms with Crippen molar-refractivity contribution in [2.24, 2.45) is 5.73 Å². The molecule has 0 fully saturated rings. The van der Waals surface area contributed by atoms with E-state index in [1.165, 1.54) is 0 Å². The quantitative estimate of drug-likeness (QED) is 0.268. The van der Waals surface area contributed by atoms with Crippen molar-refractivity contribution in [1.29, 1.82) is 0 Å². The van der Waals surface area contributed by atoms with E-state index in [0.717, 1.165) is 29.6 Å². The Bertz CT molecular complexity index is 1380. The Hall–Kier alpha value is -4.54. The fourth-order valence-corrected chi connectivity index (χ4v) is 4.17. The lowest BCUT2D eigenvalue weighted by molar-refractivity contribution is -0.670. The topological polar surface area (TPSA) is 149 Å². The van der Waals surface area contributed by atoms with Crippen LogP contribution in [0.2, 0.25) is 0 Å². The number of hydrogen-bond donors (Lipinski definition) is 4. The van der Waals surface area contributed by atoms with Crippen LogP contribution in [0.3, 0.4) is 0 Å². The number of quaternary nitrogens is 1. The Kier molecular flexibility index (Phi) is 7.92. The summed E-state index contributed by atoms with van der Waals surface area (Å²) in [7, 11) is 0. The first-order chi connectivity index (χ1) is 18.0. The van der Waals surface area contributed by atoms with Crippen LogP contribution in [0, 0.1) is 0 Å². The van der Waals surface area contributed by atoms with Gasteiger partial charge in [0.05, 0.1) is 12.9 Å². The Morgan fingerprint density at radius 2 is 1.78 bits per heavy atom. The average Bonchev–Trinajstić information content (AvgIpc) is 3.41. The number of benzene rings is 2. The van der Waals surface area contributed by atoms with Gasteiger partial charge in [-0.1, -0.05) is 0 Å². The Morgan fingerprint density at radius 1 is 1.00 bits per heavy atom. The minimum absolute atomic E-state index is 0.0573. The molecule has 7 N–H and O–H groups in total. The number of fused-ring (bicyclic) bond motifs is 2. The third-order valence-electron chi connectivity index (χ3n) is 6.00. The molecule has 0 saturated carbocycles. The summed E-state index contributed by atoms with van der Waals surface area (Å²) < 4.78 is 10.9. The number of hydrogen-bond acceptors (Lipinski definition) is 9. The molecular weight excluding hydrogens is 474 g/mol. The number of Topliss-reactive ketones (excluding diaryl/α,β-unsaturated/α-hetero) is 2. The van der Waals surface area contributed by atoms with E-state index in [-0.39, 0.29) is 28.5 Å². The second-order valence-corrected chi connectivity index (χ2v) is 8.25. The van der Waals surface area contributed by atoms with E-state index in [9.17, 15) is 9.59 Å². The second kappa shape index (κ2) is 11.5. The van der Waals surface area contributed by atoms with E-state index >= 15 is 0 Å². The van der Waals surface area contributed by atoms with Crippen LogP contribution < -0.4 is 26.6 Å². The molecule has 10 nitrogen and oxygen atoms in total.